The average molecular weight is 418 g/mol. The van der Waals surface area contributed by atoms with Gasteiger partial charge < -0.3 is 14.8 Å². The van der Waals surface area contributed by atoms with Crippen molar-refractivity contribution in [3.63, 3.8) is 0 Å². The first-order valence-corrected chi connectivity index (χ1v) is 8.87. The fourth-order valence-corrected chi connectivity index (χ4v) is 2.56. The lowest BCUT2D eigenvalue weighted by Crippen LogP contribution is -2.30. The number of benzene rings is 2. The molecule has 0 radical (unpaired) electrons. The van der Waals surface area contributed by atoms with Gasteiger partial charge in [-0.1, -0.05) is 46.3 Å². The van der Waals surface area contributed by atoms with Crippen molar-refractivity contribution in [2.75, 3.05) is 20.3 Å². The molecule has 2 rings (SSSR count). The molecule has 0 aliphatic carbocycles. The fourth-order valence-electron chi connectivity index (χ4n) is 2.14. The summed E-state index contributed by atoms with van der Waals surface area (Å²) < 4.78 is 10.9. The smallest absolute Gasteiger partial charge is 0.331 e. The molecule has 0 aromatic heterocycles. The van der Waals surface area contributed by atoms with Gasteiger partial charge in [-0.3, -0.25) is 4.79 Å². The number of halogens is 1. The number of carbonyl (C=O) groups is 2. The maximum atomic E-state index is 11.7. The van der Waals surface area contributed by atoms with Crippen LogP contribution in [0.1, 0.15) is 11.1 Å². The molecule has 2 aromatic rings. The molecular formula is C20H20BrNO4. The molecule has 26 heavy (non-hydrogen) atoms. The molecule has 0 spiro atoms. The zero-order valence-electron chi connectivity index (χ0n) is 14.4. The molecule has 0 aliphatic heterocycles. The second kappa shape index (κ2) is 10.4. The lowest BCUT2D eigenvalue weighted by molar-refractivity contribution is -0.143. The van der Waals surface area contributed by atoms with Gasteiger partial charge in [0.2, 0.25) is 0 Å². The van der Waals surface area contributed by atoms with E-state index in [0.717, 1.165) is 21.3 Å². The molecule has 0 bridgehead atoms. The van der Waals surface area contributed by atoms with Crippen molar-refractivity contribution in [2.45, 2.75) is 6.42 Å². The first-order valence-electron chi connectivity index (χ1n) is 8.07. The Labute approximate surface area is 161 Å². The third kappa shape index (κ3) is 6.72. The number of amides is 1. The zero-order chi connectivity index (χ0) is 18.8. The van der Waals surface area contributed by atoms with Gasteiger partial charge in [0, 0.05) is 17.1 Å². The van der Waals surface area contributed by atoms with Gasteiger partial charge in [0.1, 0.15) is 5.75 Å². The average Bonchev–Trinajstić information content (AvgIpc) is 2.66. The van der Waals surface area contributed by atoms with Crippen LogP contribution in [0.2, 0.25) is 0 Å². The minimum Gasteiger partial charge on any atom is -0.497 e. The summed E-state index contributed by atoms with van der Waals surface area (Å²) in [5.74, 6) is -0.104. The van der Waals surface area contributed by atoms with E-state index in [1.165, 1.54) is 6.08 Å². The van der Waals surface area contributed by atoms with Gasteiger partial charge >= 0.3 is 5.97 Å². The Morgan fingerprint density at radius 2 is 1.85 bits per heavy atom. The van der Waals surface area contributed by atoms with Crippen LogP contribution < -0.4 is 10.1 Å². The monoisotopic (exact) mass is 417 g/mol. The normalized spacial score (nSPS) is 10.5. The van der Waals surface area contributed by atoms with Crippen LogP contribution in [0.5, 0.6) is 5.75 Å². The maximum absolute atomic E-state index is 11.7. The van der Waals surface area contributed by atoms with E-state index in [9.17, 15) is 9.59 Å². The number of esters is 1. The van der Waals surface area contributed by atoms with Crippen molar-refractivity contribution in [3.8, 4) is 5.75 Å². The molecule has 0 fully saturated rings. The largest absolute Gasteiger partial charge is 0.497 e. The van der Waals surface area contributed by atoms with E-state index in [0.29, 0.717) is 13.0 Å². The van der Waals surface area contributed by atoms with Crippen molar-refractivity contribution in [3.05, 3.63) is 70.2 Å². The zero-order valence-corrected chi connectivity index (χ0v) is 16.0. The fraction of sp³-hybridized carbons (Fsp3) is 0.200. The highest BCUT2D eigenvalue weighted by molar-refractivity contribution is 9.10. The van der Waals surface area contributed by atoms with E-state index in [-0.39, 0.29) is 12.5 Å². The second-order valence-electron chi connectivity index (χ2n) is 5.41. The van der Waals surface area contributed by atoms with Crippen molar-refractivity contribution in [1.29, 1.82) is 0 Å². The Morgan fingerprint density at radius 1 is 1.12 bits per heavy atom. The first kappa shape index (κ1) is 19.7. The third-order valence-electron chi connectivity index (χ3n) is 3.54. The van der Waals surface area contributed by atoms with Crippen molar-refractivity contribution >= 4 is 33.9 Å². The highest BCUT2D eigenvalue weighted by atomic mass is 79.9. The van der Waals surface area contributed by atoms with Gasteiger partial charge in [0.15, 0.2) is 6.61 Å². The Bertz CT molecular complexity index is 772. The highest BCUT2D eigenvalue weighted by Gasteiger charge is 2.05. The minimum absolute atomic E-state index is 0.304. The predicted molar refractivity (Wildman–Crippen MR) is 104 cm³/mol. The molecule has 1 N–H and O–H groups in total. The van der Waals surface area contributed by atoms with Crippen LogP contribution >= 0.6 is 15.9 Å². The number of ether oxygens (including phenoxy) is 2. The van der Waals surface area contributed by atoms with Gasteiger partial charge in [-0.2, -0.15) is 0 Å². The standard InChI is InChI=1S/C20H20BrNO4/c1-25-17-9-6-15(7-10-17)12-13-22-19(23)14-26-20(24)11-8-16-4-2-3-5-18(16)21/h2-11H,12-14H2,1H3,(H,22,23)/b11-8+. The van der Waals surface area contributed by atoms with Crippen LogP contribution in [0.15, 0.2) is 59.1 Å². The van der Waals surface area contributed by atoms with Gasteiger partial charge in [0.05, 0.1) is 7.11 Å². The first-order chi connectivity index (χ1) is 12.6. The maximum Gasteiger partial charge on any atom is 0.331 e. The van der Waals surface area contributed by atoms with E-state index in [2.05, 4.69) is 21.2 Å². The predicted octanol–water partition coefficient (Wildman–Crippen LogP) is 3.37. The van der Waals surface area contributed by atoms with E-state index in [4.69, 9.17) is 9.47 Å². The van der Waals surface area contributed by atoms with Crippen LogP contribution in [0, 0.1) is 0 Å². The molecule has 0 atom stereocenters. The van der Waals surface area contributed by atoms with Gasteiger partial charge in [-0.05, 0) is 41.8 Å². The van der Waals surface area contributed by atoms with Crippen molar-refractivity contribution in [2.24, 2.45) is 0 Å². The number of carbonyl (C=O) groups excluding carboxylic acids is 2. The lowest BCUT2D eigenvalue weighted by atomic mass is 10.1. The van der Waals surface area contributed by atoms with E-state index >= 15 is 0 Å². The van der Waals surface area contributed by atoms with Gasteiger partial charge in [0.25, 0.3) is 5.91 Å². The number of hydrogen-bond donors (Lipinski definition) is 1. The summed E-state index contributed by atoms with van der Waals surface area (Å²) in [7, 11) is 1.62. The second-order valence-corrected chi connectivity index (χ2v) is 6.26. The minimum atomic E-state index is -0.564. The molecule has 136 valence electrons. The van der Waals surface area contributed by atoms with E-state index < -0.39 is 5.97 Å². The summed E-state index contributed by atoms with van der Waals surface area (Å²) in [5.41, 5.74) is 1.94. The van der Waals surface area contributed by atoms with Crippen LogP contribution in [0.3, 0.4) is 0 Å². The Kier molecular flexibility index (Phi) is 7.89. The Morgan fingerprint density at radius 3 is 2.54 bits per heavy atom. The quantitative estimate of drug-likeness (QED) is 0.528. The molecule has 5 nitrogen and oxygen atoms in total. The molecule has 0 saturated heterocycles. The van der Waals surface area contributed by atoms with Crippen molar-refractivity contribution < 1.29 is 19.1 Å². The molecule has 1 amide bonds. The summed E-state index contributed by atoms with van der Waals surface area (Å²) in [5, 5.41) is 2.72. The van der Waals surface area contributed by atoms with E-state index in [1.807, 2.05) is 48.5 Å². The third-order valence-corrected chi connectivity index (χ3v) is 4.27. The van der Waals surface area contributed by atoms with Gasteiger partial charge in [-0.15, -0.1) is 0 Å². The Hall–Kier alpha value is -2.60. The number of rotatable bonds is 8. The van der Waals surface area contributed by atoms with Crippen LogP contribution in [-0.2, 0) is 20.7 Å². The molecule has 0 saturated carbocycles. The number of hydrogen-bond acceptors (Lipinski definition) is 4. The summed E-state index contributed by atoms with van der Waals surface area (Å²) in [6, 6.07) is 15.1. The Balaban J connectivity index is 1.67. The van der Waals surface area contributed by atoms with Crippen LogP contribution in [0.25, 0.3) is 6.08 Å². The lowest BCUT2D eigenvalue weighted by Gasteiger charge is -2.06. The molecular weight excluding hydrogens is 398 g/mol. The van der Waals surface area contributed by atoms with E-state index in [1.54, 1.807) is 13.2 Å². The summed E-state index contributed by atoms with van der Waals surface area (Å²) in [6.07, 6.45) is 3.62. The molecule has 2 aromatic carbocycles. The highest BCUT2D eigenvalue weighted by Crippen LogP contribution is 2.17. The van der Waals surface area contributed by atoms with Gasteiger partial charge in [-0.25, -0.2) is 4.79 Å². The molecule has 0 heterocycles. The summed E-state index contributed by atoms with van der Waals surface area (Å²) in [4.78, 5) is 23.4. The number of nitrogens with one attached hydrogen (secondary N) is 1. The topological polar surface area (TPSA) is 64.6 Å². The molecule has 0 aliphatic rings. The molecule has 0 unspecified atom stereocenters. The molecule has 6 heteroatoms. The summed E-state index contributed by atoms with van der Waals surface area (Å²) >= 11 is 3.39. The SMILES string of the molecule is COc1ccc(CCNC(=O)COC(=O)/C=C/c2ccccc2Br)cc1. The number of methoxy groups -OCH3 is 1. The van der Waals surface area contributed by atoms with Crippen LogP contribution in [-0.4, -0.2) is 32.1 Å². The van der Waals surface area contributed by atoms with Crippen molar-refractivity contribution in [1.82, 2.24) is 5.32 Å². The van der Waals surface area contributed by atoms with Crippen LogP contribution in [0.4, 0.5) is 0 Å². The summed E-state index contributed by atoms with van der Waals surface area (Å²) in [6.45, 7) is 0.164.